The van der Waals surface area contributed by atoms with E-state index in [1.54, 1.807) is 11.8 Å². The molecule has 0 radical (unpaired) electrons. The Hall–Kier alpha value is -0.540. The van der Waals surface area contributed by atoms with Crippen LogP contribution in [0.1, 0.15) is 31.4 Å². The molecular formula is C12H18N2S. The van der Waals surface area contributed by atoms with Gasteiger partial charge >= 0.3 is 0 Å². The topological polar surface area (TPSA) is 16.1 Å². The van der Waals surface area contributed by atoms with Crippen LogP contribution in [-0.4, -0.2) is 29.2 Å². The zero-order valence-corrected chi connectivity index (χ0v) is 10.3. The first-order chi connectivity index (χ1) is 7.31. The van der Waals surface area contributed by atoms with Gasteiger partial charge in [-0.05, 0) is 43.8 Å². The largest absolute Gasteiger partial charge is 0.299 e. The SMILES string of the molecule is CCSc1ccc([C@H]2CCCN2C)cn1. The molecule has 1 aromatic rings. The summed E-state index contributed by atoms with van der Waals surface area (Å²) in [5, 5.41) is 1.14. The average molecular weight is 222 g/mol. The van der Waals surface area contributed by atoms with Crippen molar-refractivity contribution in [3.05, 3.63) is 23.9 Å². The molecule has 15 heavy (non-hydrogen) atoms. The minimum absolute atomic E-state index is 0.596. The lowest BCUT2D eigenvalue weighted by Crippen LogP contribution is -2.17. The van der Waals surface area contributed by atoms with Gasteiger partial charge in [-0.2, -0.15) is 0 Å². The fourth-order valence-corrected chi connectivity index (χ4v) is 2.74. The number of likely N-dealkylation sites (tertiary alicyclic amines) is 1. The van der Waals surface area contributed by atoms with Crippen LogP contribution in [0.15, 0.2) is 23.4 Å². The van der Waals surface area contributed by atoms with Crippen LogP contribution in [0, 0.1) is 0 Å². The first kappa shape index (κ1) is 11.0. The van der Waals surface area contributed by atoms with Crippen LogP contribution in [0.5, 0.6) is 0 Å². The molecule has 1 aromatic heterocycles. The van der Waals surface area contributed by atoms with Crippen molar-refractivity contribution >= 4 is 11.8 Å². The number of hydrogen-bond acceptors (Lipinski definition) is 3. The average Bonchev–Trinajstić information content (AvgIpc) is 2.66. The lowest BCUT2D eigenvalue weighted by molar-refractivity contribution is 0.317. The molecule has 82 valence electrons. The number of thioether (sulfide) groups is 1. The van der Waals surface area contributed by atoms with Crippen LogP contribution < -0.4 is 0 Å². The van der Waals surface area contributed by atoms with Gasteiger partial charge in [-0.1, -0.05) is 13.0 Å². The highest BCUT2D eigenvalue weighted by molar-refractivity contribution is 7.99. The molecule has 3 heteroatoms. The highest BCUT2D eigenvalue weighted by atomic mass is 32.2. The van der Waals surface area contributed by atoms with Gasteiger partial charge in [-0.3, -0.25) is 4.90 Å². The first-order valence-corrected chi connectivity index (χ1v) is 6.59. The molecule has 0 spiro atoms. The van der Waals surface area contributed by atoms with E-state index in [1.165, 1.54) is 24.9 Å². The Labute approximate surface area is 96.1 Å². The molecule has 2 nitrogen and oxygen atoms in total. The Balaban J connectivity index is 2.09. The maximum Gasteiger partial charge on any atom is 0.0959 e. The van der Waals surface area contributed by atoms with Gasteiger partial charge in [0.2, 0.25) is 0 Å². The van der Waals surface area contributed by atoms with E-state index in [9.17, 15) is 0 Å². The van der Waals surface area contributed by atoms with Gasteiger partial charge in [0.25, 0.3) is 0 Å². The Bertz CT molecular complexity index is 310. The van der Waals surface area contributed by atoms with Crippen LogP contribution in [0.4, 0.5) is 0 Å². The Morgan fingerprint density at radius 2 is 2.40 bits per heavy atom. The zero-order chi connectivity index (χ0) is 10.7. The van der Waals surface area contributed by atoms with Crippen molar-refractivity contribution in [1.82, 2.24) is 9.88 Å². The maximum absolute atomic E-state index is 4.48. The van der Waals surface area contributed by atoms with Gasteiger partial charge in [0.15, 0.2) is 0 Å². The fraction of sp³-hybridized carbons (Fsp3) is 0.583. The molecule has 0 amide bonds. The standard InChI is InChI=1S/C12H18N2S/c1-3-15-12-7-6-10(9-13-12)11-5-4-8-14(11)2/h6-7,9,11H,3-5,8H2,1-2H3/t11-/m1/s1. The lowest BCUT2D eigenvalue weighted by Gasteiger charge is -2.19. The van der Waals surface area contributed by atoms with E-state index in [4.69, 9.17) is 0 Å². The molecule has 1 atom stereocenters. The van der Waals surface area contributed by atoms with Crippen molar-refractivity contribution in [2.24, 2.45) is 0 Å². The summed E-state index contributed by atoms with van der Waals surface area (Å²) in [6.07, 6.45) is 4.63. The van der Waals surface area contributed by atoms with Crippen LogP contribution in [-0.2, 0) is 0 Å². The predicted octanol–water partition coefficient (Wildman–Crippen LogP) is 2.96. The third kappa shape index (κ3) is 2.52. The summed E-state index contributed by atoms with van der Waals surface area (Å²) in [4.78, 5) is 6.90. The molecule has 0 N–H and O–H groups in total. The third-order valence-electron chi connectivity index (χ3n) is 2.96. The van der Waals surface area contributed by atoms with Gasteiger partial charge in [-0.15, -0.1) is 11.8 Å². The second-order valence-electron chi connectivity index (χ2n) is 4.00. The normalized spacial score (nSPS) is 22.1. The first-order valence-electron chi connectivity index (χ1n) is 5.60. The van der Waals surface area contributed by atoms with Crippen molar-refractivity contribution in [3.63, 3.8) is 0 Å². The Kier molecular flexibility index (Phi) is 3.65. The fourth-order valence-electron chi connectivity index (χ4n) is 2.15. The molecule has 1 aliphatic rings. The molecule has 0 aliphatic carbocycles. The number of pyridine rings is 1. The summed E-state index contributed by atoms with van der Waals surface area (Å²) >= 11 is 1.80. The highest BCUT2D eigenvalue weighted by Crippen LogP contribution is 2.30. The Morgan fingerprint density at radius 1 is 1.53 bits per heavy atom. The van der Waals surface area contributed by atoms with Gasteiger partial charge in [0.1, 0.15) is 0 Å². The predicted molar refractivity (Wildman–Crippen MR) is 65.2 cm³/mol. The number of aromatic nitrogens is 1. The van der Waals surface area contributed by atoms with Crippen LogP contribution >= 0.6 is 11.8 Å². The minimum atomic E-state index is 0.596. The molecule has 0 saturated carbocycles. The summed E-state index contributed by atoms with van der Waals surface area (Å²) in [5.41, 5.74) is 1.37. The molecule has 1 fully saturated rings. The van der Waals surface area contributed by atoms with Crippen molar-refractivity contribution in [1.29, 1.82) is 0 Å². The minimum Gasteiger partial charge on any atom is -0.299 e. The van der Waals surface area contributed by atoms with Gasteiger partial charge in [0.05, 0.1) is 5.03 Å². The molecule has 0 unspecified atom stereocenters. The second kappa shape index (κ2) is 4.99. The van der Waals surface area contributed by atoms with E-state index in [0.29, 0.717) is 6.04 Å². The molecule has 1 aliphatic heterocycles. The summed E-state index contributed by atoms with van der Waals surface area (Å²) in [5.74, 6) is 1.09. The summed E-state index contributed by atoms with van der Waals surface area (Å²) in [7, 11) is 2.20. The quantitative estimate of drug-likeness (QED) is 0.731. The van der Waals surface area contributed by atoms with E-state index in [0.717, 1.165) is 10.8 Å². The van der Waals surface area contributed by atoms with E-state index < -0.39 is 0 Å². The van der Waals surface area contributed by atoms with E-state index in [1.807, 2.05) is 6.20 Å². The Morgan fingerprint density at radius 3 is 2.93 bits per heavy atom. The maximum atomic E-state index is 4.48. The monoisotopic (exact) mass is 222 g/mol. The van der Waals surface area contributed by atoms with Crippen LogP contribution in [0.2, 0.25) is 0 Å². The summed E-state index contributed by atoms with van der Waals surface area (Å²) in [6.45, 7) is 3.38. The van der Waals surface area contributed by atoms with Crippen molar-refractivity contribution in [2.45, 2.75) is 30.8 Å². The van der Waals surface area contributed by atoms with Gasteiger partial charge < -0.3 is 0 Å². The van der Waals surface area contributed by atoms with Crippen molar-refractivity contribution in [2.75, 3.05) is 19.3 Å². The van der Waals surface area contributed by atoms with Crippen LogP contribution in [0.25, 0.3) is 0 Å². The number of hydrogen-bond donors (Lipinski definition) is 0. The van der Waals surface area contributed by atoms with Gasteiger partial charge in [0, 0.05) is 12.2 Å². The molecule has 1 saturated heterocycles. The summed E-state index contributed by atoms with van der Waals surface area (Å²) in [6, 6.07) is 4.98. The smallest absolute Gasteiger partial charge is 0.0959 e. The van der Waals surface area contributed by atoms with E-state index in [-0.39, 0.29) is 0 Å². The van der Waals surface area contributed by atoms with Crippen LogP contribution in [0.3, 0.4) is 0 Å². The summed E-state index contributed by atoms with van der Waals surface area (Å²) < 4.78 is 0. The number of nitrogens with zero attached hydrogens (tertiary/aromatic N) is 2. The van der Waals surface area contributed by atoms with Crippen molar-refractivity contribution < 1.29 is 0 Å². The van der Waals surface area contributed by atoms with E-state index in [2.05, 4.69) is 36.0 Å². The number of rotatable bonds is 3. The lowest BCUT2D eigenvalue weighted by atomic mass is 10.1. The molecule has 2 heterocycles. The molecule has 2 rings (SSSR count). The highest BCUT2D eigenvalue weighted by Gasteiger charge is 2.22. The molecule has 0 bridgehead atoms. The van der Waals surface area contributed by atoms with E-state index >= 15 is 0 Å². The van der Waals surface area contributed by atoms with Gasteiger partial charge in [-0.25, -0.2) is 4.98 Å². The second-order valence-corrected chi connectivity index (χ2v) is 5.29. The third-order valence-corrected chi connectivity index (χ3v) is 3.78. The van der Waals surface area contributed by atoms with Crippen molar-refractivity contribution in [3.8, 4) is 0 Å². The molecular weight excluding hydrogens is 204 g/mol. The molecule has 0 aromatic carbocycles. The zero-order valence-electron chi connectivity index (χ0n) is 9.44.